The van der Waals surface area contributed by atoms with Crippen LogP contribution in [0.25, 0.3) is 11.3 Å². The first kappa shape index (κ1) is 28.0. The van der Waals surface area contributed by atoms with Crippen LogP contribution in [0.3, 0.4) is 0 Å². The van der Waals surface area contributed by atoms with Crippen molar-refractivity contribution in [3.05, 3.63) is 80.5 Å². The van der Waals surface area contributed by atoms with Crippen molar-refractivity contribution in [2.24, 2.45) is 4.99 Å². The zero-order valence-electron chi connectivity index (χ0n) is 23.9. The lowest BCUT2D eigenvalue weighted by Gasteiger charge is -2.25. The second-order valence-corrected chi connectivity index (χ2v) is 10.1. The van der Waals surface area contributed by atoms with Crippen LogP contribution in [0.1, 0.15) is 29.2 Å². The number of carbonyl (C=O) groups is 1. The van der Waals surface area contributed by atoms with Crippen LogP contribution in [0.5, 0.6) is 11.5 Å². The minimum atomic E-state index is -0.643. The van der Waals surface area contributed by atoms with Gasteiger partial charge in [0.2, 0.25) is 0 Å². The monoisotopic (exact) mass is 561 g/mol. The number of methoxy groups -OCH3 is 1. The molecule has 216 valence electrons. The van der Waals surface area contributed by atoms with Crippen LogP contribution >= 0.6 is 0 Å². The molecule has 0 saturated heterocycles. The molecule has 2 aromatic carbocycles. The number of nitrogens with one attached hydrogen (secondary N) is 3. The van der Waals surface area contributed by atoms with Crippen LogP contribution in [0.2, 0.25) is 0 Å². The Morgan fingerprint density at radius 3 is 2.54 bits per heavy atom. The molecule has 12 nitrogen and oxygen atoms in total. The Kier molecular flexibility index (Phi) is 7.86. The molecule has 0 spiro atoms. The van der Waals surface area contributed by atoms with E-state index in [9.17, 15) is 14.8 Å². The number of nitrogens with zero attached hydrogens (tertiary/aromatic N) is 4. The predicted octanol–water partition coefficient (Wildman–Crippen LogP) is 2.11. The quantitative estimate of drug-likeness (QED) is 0.243. The summed E-state index contributed by atoms with van der Waals surface area (Å²) in [7, 11) is 1.59. The third kappa shape index (κ3) is 5.43. The van der Waals surface area contributed by atoms with Gasteiger partial charge in [-0.05, 0) is 62.9 Å². The van der Waals surface area contributed by atoms with Crippen molar-refractivity contribution in [3.8, 4) is 22.8 Å². The topological polar surface area (TPSA) is 134 Å². The molecule has 1 amide bonds. The minimum Gasteiger partial charge on any atom is -0.493 e. The molecule has 0 atom stereocenters. The van der Waals surface area contributed by atoms with Gasteiger partial charge in [-0.3, -0.25) is 24.6 Å². The number of ether oxygens (including phenoxy) is 2. The highest BCUT2D eigenvalue weighted by atomic mass is 16.5. The van der Waals surface area contributed by atoms with E-state index in [0.717, 1.165) is 33.5 Å². The Morgan fingerprint density at radius 1 is 1.12 bits per heavy atom. The average Bonchev–Trinajstić information content (AvgIpc) is 3.49. The van der Waals surface area contributed by atoms with Gasteiger partial charge in [0.1, 0.15) is 11.2 Å². The first-order chi connectivity index (χ1) is 19.7. The maximum Gasteiger partial charge on any atom is 0.330 e. The minimum absolute atomic E-state index is 0.0255. The Bertz CT molecular complexity index is 1650. The van der Waals surface area contributed by atoms with Crippen LogP contribution in [-0.2, 0) is 24.3 Å². The van der Waals surface area contributed by atoms with Crippen molar-refractivity contribution in [2.75, 3.05) is 20.3 Å². The number of hydrogen-bond acceptors (Lipinski definition) is 9. The van der Waals surface area contributed by atoms with Crippen LogP contribution in [-0.4, -0.2) is 45.6 Å². The molecule has 0 fully saturated rings. The molecule has 0 bridgehead atoms. The molecule has 0 saturated carbocycles. The normalized spacial score (nSPS) is 14.0. The van der Waals surface area contributed by atoms with Crippen molar-refractivity contribution >= 4 is 11.6 Å². The fourth-order valence-corrected chi connectivity index (χ4v) is 5.34. The van der Waals surface area contributed by atoms with Gasteiger partial charge in [0.05, 0.1) is 31.6 Å². The van der Waals surface area contributed by atoms with Crippen LogP contribution in [0.4, 0.5) is 5.69 Å². The Morgan fingerprint density at radius 2 is 1.88 bits per heavy atom. The number of aromatic nitrogens is 2. The number of carbonyl (C=O) groups excluding carboxylic acids is 1. The van der Waals surface area contributed by atoms with E-state index in [1.807, 2.05) is 45.9 Å². The van der Waals surface area contributed by atoms with Crippen LogP contribution in [0, 0.1) is 20.8 Å². The van der Waals surface area contributed by atoms with E-state index in [1.54, 1.807) is 11.7 Å². The molecule has 0 aliphatic carbocycles. The number of rotatable bonds is 8. The molecule has 1 aromatic heterocycles. The first-order valence-corrected chi connectivity index (χ1v) is 13.5. The zero-order chi connectivity index (χ0) is 29.3. The second kappa shape index (κ2) is 11.5. The number of hydrazine groups is 2. The maximum absolute atomic E-state index is 14.0. The number of hydrogen-bond donors (Lipinski definition) is 4. The fourth-order valence-electron chi connectivity index (χ4n) is 5.34. The molecule has 2 aliphatic heterocycles. The summed E-state index contributed by atoms with van der Waals surface area (Å²) in [6.07, 6.45) is 2.03. The molecule has 4 N–H and O–H groups in total. The van der Waals surface area contributed by atoms with Gasteiger partial charge in [-0.2, -0.15) is 5.53 Å². The Labute approximate surface area is 237 Å². The summed E-state index contributed by atoms with van der Waals surface area (Å²) in [4.78, 5) is 31.6. The molecule has 2 aliphatic rings. The highest BCUT2D eigenvalue weighted by molar-refractivity contribution is 5.92. The van der Waals surface area contributed by atoms with Crippen LogP contribution < -0.4 is 37.0 Å². The standard InChI is InChI=1S/C29H35N7O5/c1-6-41-25-13-20-7-8-34-23(21(20)14-24(25)40-5)15-26(31-27-18(3)11-17(2)12-19(27)4)35(29(34)38)9-10-36(39)28(37)22-16-30-33-32-22/h11-16,30,32-33,39H,6-10H2,1-5H3. The highest BCUT2D eigenvalue weighted by Gasteiger charge is 2.24. The smallest absolute Gasteiger partial charge is 0.330 e. The molecule has 0 unspecified atom stereocenters. The molecule has 5 rings (SSSR count). The molecule has 0 radical (unpaired) electrons. The predicted molar refractivity (Wildman–Crippen MR) is 152 cm³/mol. The molecular weight excluding hydrogens is 526 g/mol. The van der Waals surface area contributed by atoms with Crippen molar-refractivity contribution in [1.29, 1.82) is 0 Å². The summed E-state index contributed by atoms with van der Waals surface area (Å²) in [5.41, 5.74) is 14.6. The maximum atomic E-state index is 14.0. The van der Waals surface area contributed by atoms with E-state index in [2.05, 4.69) is 28.5 Å². The lowest BCUT2D eigenvalue weighted by Crippen LogP contribution is -2.45. The van der Waals surface area contributed by atoms with Crippen molar-refractivity contribution in [3.63, 3.8) is 0 Å². The summed E-state index contributed by atoms with van der Waals surface area (Å²) < 4.78 is 14.6. The van der Waals surface area contributed by atoms with E-state index in [4.69, 9.17) is 14.5 Å². The third-order valence-corrected chi connectivity index (χ3v) is 7.21. The number of amides is 1. The number of hydroxylamine groups is 2. The van der Waals surface area contributed by atoms with E-state index in [0.29, 0.717) is 47.3 Å². The number of aryl methyl sites for hydroxylation is 4. The number of benzene rings is 2. The van der Waals surface area contributed by atoms with E-state index in [-0.39, 0.29) is 24.5 Å². The Hall–Kier alpha value is -4.55. The van der Waals surface area contributed by atoms with Gasteiger partial charge in [-0.1, -0.05) is 17.7 Å². The summed E-state index contributed by atoms with van der Waals surface area (Å²) >= 11 is 0. The zero-order valence-corrected chi connectivity index (χ0v) is 23.9. The van der Waals surface area contributed by atoms with Crippen molar-refractivity contribution in [1.82, 2.24) is 30.6 Å². The summed E-state index contributed by atoms with van der Waals surface area (Å²) in [5.74, 6) is 0.604. The molecule has 41 heavy (non-hydrogen) atoms. The van der Waals surface area contributed by atoms with Gasteiger partial charge < -0.3 is 14.9 Å². The van der Waals surface area contributed by atoms with Crippen molar-refractivity contribution < 1.29 is 19.5 Å². The van der Waals surface area contributed by atoms with E-state index < -0.39 is 5.91 Å². The second-order valence-electron chi connectivity index (χ2n) is 10.1. The lowest BCUT2D eigenvalue weighted by atomic mass is 9.97. The van der Waals surface area contributed by atoms with E-state index >= 15 is 0 Å². The fraction of sp³-hybridized carbons (Fsp3) is 0.345. The largest absolute Gasteiger partial charge is 0.493 e. The summed E-state index contributed by atoms with van der Waals surface area (Å²) in [6.45, 7) is 8.79. The Balaban J connectivity index is 1.65. The molecule has 3 heterocycles. The van der Waals surface area contributed by atoms with Gasteiger partial charge in [-0.15, -0.1) is 0 Å². The summed E-state index contributed by atoms with van der Waals surface area (Å²) in [6, 6.07) is 9.86. The van der Waals surface area contributed by atoms with E-state index in [1.165, 1.54) is 10.8 Å². The molecular formula is C29H35N7O5. The molecule has 12 heteroatoms. The lowest BCUT2D eigenvalue weighted by molar-refractivity contribution is -0.161. The van der Waals surface area contributed by atoms with Gasteiger partial charge >= 0.3 is 5.69 Å². The highest BCUT2D eigenvalue weighted by Crippen LogP contribution is 2.37. The SMILES string of the molecule is CCOc1cc2c(cc1OC)-c1cc(=Nc3c(C)cc(C)cc3C)n(CCN(O)C(=O)C3=CNNN3)c(=O)n1CC2. The van der Waals surface area contributed by atoms with Gasteiger partial charge in [-0.25, -0.2) is 14.9 Å². The van der Waals surface area contributed by atoms with Gasteiger partial charge in [0.15, 0.2) is 11.5 Å². The first-order valence-electron chi connectivity index (χ1n) is 13.5. The third-order valence-electron chi connectivity index (χ3n) is 7.21. The van der Waals surface area contributed by atoms with Crippen molar-refractivity contribution in [2.45, 2.75) is 47.2 Å². The van der Waals surface area contributed by atoms with Crippen LogP contribution in [0.15, 0.2) is 52.0 Å². The summed E-state index contributed by atoms with van der Waals surface area (Å²) in [5, 5.41) is 11.1. The van der Waals surface area contributed by atoms with Gasteiger partial charge in [0, 0.05) is 30.9 Å². The molecule has 3 aromatic rings. The van der Waals surface area contributed by atoms with Gasteiger partial charge in [0.25, 0.3) is 5.91 Å². The average molecular weight is 562 g/mol. The number of fused-ring (bicyclic) bond motifs is 3.